The molecule has 0 atom stereocenters. The first-order valence-corrected chi connectivity index (χ1v) is 3.21. The number of rotatable bonds is 2. The highest BCUT2D eigenvalue weighted by Crippen LogP contribution is 2.12. The number of hydrogen-bond acceptors (Lipinski definition) is 3. The molecular weight excluding hydrogens is 238 g/mol. The molecule has 0 spiro atoms. The van der Waals surface area contributed by atoms with E-state index in [9.17, 15) is 26.3 Å². The van der Waals surface area contributed by atoms with Gasteiger partial charge >= 0.3 is 12.4 Å². The topological polar surface area (TPSA) is 82.8 Å². The van der Waals surface area contributed by atoms with Crippen molar-refractivity contribution < 1.29 is 36.7 Å². The Morgan fingerprint density at radius 2 is 1.13 bits per heavy atom. The summed E-state index contributed by atoms with van der Waals surface area (Å²) in [6.45, 7) is -2.99. The van der Waals surface area contributed by atoms with E-state index in [1.165, 1.54) is 0 Å². The summed E-state index contributed by atoms with van der Waals surface area (Å²) in [7, 11) is 0. The van der Waals surface area contributed by atoms with Crippen LogP contribution in [0.15, 0.2) is 0 Å². The van der Waals surface area contributed by atoms with Crippen molar-refractivity contribution in [3.63, 3.8) is 0 Å². The van der Waals surface area contributed by atoms with Crippen LogP contribution in [0.3, 0.4) is 0 Å². The quantitative estimate of drug-likeness (QED) is 0.434. The Morgan fingerprint density at radius 1 is 0.933 bits per heavy atom. The fourth-order valence-corrected chi connectivity index (χ4v) is 0.399. The smallest absolute Gasteiger partial charge is 0.356 e. The highest BCUT2D eigenvalue weighted by molar-refractivity contribution is 4.45. The highest BCUT2D eigenvalue weighted by atomic mass is 19.4. The zero-order chi connectivity index (χ0) is 12.7. The Morgan fingerprint density at radius 3 is 1.27 bits per heavy atom. The van der Waals surface area contributed by atoms with E-state index in [-0.39, 0.29) is 5.32 Å². The fourth-order valence-electron chi connectivity index (χ4n) is 0.399. The Hall–Kier alpha value is -1.26. The molecule has 15 heavy (non-hydrogen) atoms. The minimum atomic E-state index is -4.54. The van der Waals surface area contributed by atoms with Crippen LogP contribution in [0.2, 0.25) is 0 Å². The first-order chi connectivity index (χ1) is 6.44. The molecule has 0 rings (SSSR count). The predicted molar refractivity (Wildman–Crippen MR) is 34.1 cm³/mol. The molecule has 92 valence electrons. The van der Waals surface area contributed by atoms with Crippen molar-refractivity contribution in [2.75, 3.05) is 13.1 Å². The van der Waals surface area contributed by atoms with Crippen LogP contribution in [-0.2, 0) is 0 Å². The Labute approximate surface area is 78.8 Å². The second kappa shape index (κ2) is 6.27. The first-order valence-electron chi connectivity index (χ1n) is 3.21. The largest absolute Gasteiger partial charge is 0.438 e. The van der Waals surface area contributed by atoms with E-state index < -0.39 is 30.5 Å². The van der Waals surface area contributed by atoms with Gasteiger partial charge in [0.2, 0.25) is 0 Å². The van der Waals surface area contributed by atoms with Crippen LogP contribution in [0.5, 0.6) is 0 Å². The summed E-state index contributed by atoms with van der Waals surface area (Å²) in [5.74, 6) is 0. The average Bonchev–Trinajstić information content (AvgIpc) is 1.77. The second-order valence-electron chi connectivity index (χ2n) is 2.15. The molecule has 0 bridgehead atoms. The highest BCUT2D eigenvalue weighted by Gasteiger charge is 2.35. The van der Waals surface area contributed by atoms with Gasteiger partial charge in [0.25, 0.3) is 0 Å². The summed E-state index contributed by atoms with van der Waals surface area (Å²) in [5.41, 5.74) is 0. The molecule has 0 amide bonds. The summed E-state index contributed by atoms with van der Waals surface area (Å²) in [6, 6.07) is 0. The molecule has 0 saturated heterocycles. The van der Waals surface area contributed by atoms with Crippen molar-refractivity contribution in [1.82, 2.24) is 0 Å². The van der Waals surface area contributed by atoms with E-state index in [0.29, 0.717) is 0 Å². The Bertz CT molecular complexity index is 172. The molecule has 0 saturated carbocycles. The molecule has 2 N–H and O–H groups in total. The summed E-state index contributed by atoms with van der Waals surface area (Å²) in [6.07, 6.45) is -9.07. The van der Waals surface area contributed by atoms with Crippen molar-refractivity contribution in [2.45, 2.75) is 12.4 Å². The Balaban J connectivity index is 0. The molecule has 0 aromatic rings. The lowest BCUT2D eigenvalue weighted by Gasteiger charge is -2.06. The van der Waals surface area contributed by atoms with Gasteiger partial charge < -0.3 is 20.6 Å². The molecular formula is C4H6F6N2O3. The van der Waals surface area contributed by atoms with E-state index in [1.54, 1.807) is 0 Å². The maximum Gasteiger partial charge on any atom is 0.438 e. The van der Waals surface area contributed by atoms with Gasteiger partial charge in [0.15, 0.2) is 13.1 Å². The third-order valence-corrected chi connectivity index (χ3v) is 0.752. The average molecular weight is 244 g/mol. The molecule has 0 aliphatic carbocycles. The maximum absolute atomic E-state index is 11.2. The minimum absolute atomic E-state index is 0.167. The lowest BCUT2D eigenvalue weighted by molar-refractivity contribution is -0.694. The number of nitrogens with two attached hydrogens (primary N) is 1. The van der Waals surface area contributed by atoms with Gasteiger partial charge in [-0.2, -0.15) is 26.3 Å². The van der Waals surface area contributed by atoms with Crippen molar-refractivity contribution in [2.24, 2.45) is 0 Å². The van der Waals surface area contributed by atoms with E-state index in [1.807, 2.05) is 0 Å². The minimum Gasteiger partial charge on any atom is -0.356 e. The van der Waals surface area contributed by atoms with E-state index in [0.717, 1.165) is 0 Å². The van der Waals surface area contributed by atoms with E-state index >= 15 is 0 Å². The zero-order valence-corrected chi connectivity index (χ0v) is 6.93. The monoisotopic (exact) mass is 244 g/mol. The molecule has 0 radical (unpaired) electrons. The second-order valence-corrected chi connectivity index (χ2v) is 2.15. The van der Waals surface area contributed by atoms with Gasteiger partial charge in [-0.25, -0.2) is 0 Å². The molecule has 0 aromatic carbocycles. The van der Waals surface area contributed by atoms with Gasteiger partial charge in [0.05, 0.1) is 5.09 Å². The standard InChI is InChI=1S/C4H5F6N.NO3/c5-3(6,7)1-11-2-4(8,9)10;2-1(3)4/h11H,1-2H2;/q;-1/p+1. The zero-order valence-electron chi connectivity index (χ0n) is 6.93. The molecule has 0 aliphatic rings. The summed E-state index contributed by atoms with van der Waals surface area (Å²) in [4.78, 5) is 8.25. The van der Waals surface area contributed by atoms with Crippen LogP contribution in [0.25, 0.3) is 0 Å². The van der Waals surface area contributed by atoms with Crippen molar-refractivity contribution in [1.29, 1.82) is 0 Å². The van der Waals surface area contributed by atoms with Crippen LogP contribution < -0.4 is 5.32 Å². The predicted octanol–water partition coefficient (Wildman–Crippen LogP) is 0.435. The number of alkyl halides is 6. The fraction of sp³-hybridized carbons (Fsp3) is 1.00. The van der Waals surface area contributed by atoms with Crippen molar-refractivity contribution in [3.05, 3.63) is 15.3 Å². The SMILES string of the molecule is FC(F)(F)C[NH2+]CC(F)(F)F.O=[N+]([O-])[O-]. The van der Waals surface area contributed by atoms with Gasteiger partial charge in [-0.3, -0.25) is 0 Å². The van der Waals surface area contributed by atoms with Gasteiger partial charge in [-0.1, -0.05) is 0 Å². The molecule has 5 nitrogen and oxygen atoms in total. The Kier molecular flexibility index (Phi) is 6.76. The third kappa shape index (κ3) is 32.3. The summed E-state index contributed by atoms with van der Waals surface area (Å²) in [5, 5.41) is 14.9. The number of nitrogens with zero attached hydrogens (tertiary/aromatic N) is 1. The number of quaternary nitrogens is 1. The van der Waals surface area contributed by atoms with Crippen LogP contribution in [0, 0.1) is 15.3 Å². The maximum atomic E-state index is 11.2. The number of hydrogen-bond donors (Lipinski definition) is 1. The number of halogens is 6. The lowest BCUT2D eigenvalue weighted by atomic mass is 10.5. The van der Waals surface area contributed by atoms with Crippen LogP contribution in [0.1, 0.15) is 0 Å². The van der Waals surface area contributed by atoms with Gasteiger partial charge in [-0.15, -0.1) is 0 Å². The van der Waals surface area contributed by atoms with Crippen LogP contribution >= 0.6 is 0 Å². The van der Waals surface area contributed by atoms with Crippen molar-refractivity contribution in [3.8, 4) is 0 Å². The summed E-state index contributed by atoms with van der Waals surface area (Å²) >= 11 is 0. The summed E-state index contributed by atoms with van der Waals surface area (Å²) < 4.78 is 67.4. The van der Waals surface area contributed by atoms with Crippen molar-refractivity contribution >= 4 is 0 Å². The molecule has 0 heterocycles. The van der Waals surface area contributed by atoms with E-state index in [4.69, 9.17) is 15.3 Å². The van der Waals surface area contributed by atoms with Crippen LogP contribution in [-0.4, -0.2) is 30.5 Å². The molecule has 11 heteroatoms. The first kappa shape index (κ1) is 16.2. The van der Waals surface area contributed by atoms with Gasteiger partial charge in [-0.05, 0) is 0 Å². The molecule has 0 aliphatic heterocycles. The van der Waals surface area contributed by atoms with E-state index in [2.05, 4.69) is 0 Å². The normalized spacial score (nSPS) is 11.6. The molecule has 0 fully saturated rings. The molecule has 0 unspecified atom stereocenters. The molecule has 0 aromatic heterocycles. The lowest BCUT2D eigenvalue weighted by Crippen LogP contribution is -2.89. The third-order valence-electron chi connectivity index (χ3n) is 0.752. The van der Waals surface area contributed by atoms with Crippen LogP contribution in [0.4, 0.5) is 26.3 Å². The van der Waals surface area contributed by atoms with Gasteiger partial charge in [0, 0.05) is 0 Å². The van der Waals surface area contributed by atoms with Gasteiger partial charge in [0.1, 0.15) is 0 Å².